The number of hydrogen-bond acceptors (Lipinski definition) is 5. The lowest BCUT2D eigenvalue weighted by molar-refractivity contribution is -0.137. The highest BCUT2D eigenvalue weighted by Gasteiger charge is 2.20. The first kappa shape index (κ1) is 15.7. The van der Waals surface area contributed by atoms with Crippen LogP contribution in [0.5, 0.6) is 0 Å². The summed E-state index contributed by atoms with van der Waals surface area (Å²) >= 11 is 1.38. The van der Waals surface area contributed by atoms with E-state index in [-0.39, 0.29) is 12.1 Å². The Hall–Kier alpha value is -2.72. The van der Waals surface area contributed by atoms with Crippen molar-refractivity contribution >= 4 is 23.2 Å². The van der Waals surface area contributed by atoms with Gasteiger partial charge < -0.3 is 10.4 Å². The third-order valence-corrected chi connectivity index (χ3v) is 4.00. The average molecular weight is 315 g/mol. The van der Waals surface area contributed by atoms with E-state index < -0.39 is 17.9 Å². The number of nitrogens with zero attached hydrogens (tertiary/aromatic N) is 2. The average Bonchev–Trinajstić information content (AvgIpc) is 3.00. The van der Waals surface area contributed by atoms with Gasteiger partial charge in [0.05, 0.1) is 23.7 Å². The number of thiophene rings is 1. The number of carbonyl (C=O) groups excluding carboxylic acids is 1. The number of pyridine rings is 1. The van der Waals surface area contributed by atoms with Crippen molar-refractivity contribution in [2.75, 3.05) is 0 Å². The lowest BCUT2D eigenvalue weighted by Crippen LogP contribution is -2.30. The molecule has 6 nitrogen and oxygen atoms in total. The van der Waals surface area contributed by atoms with Gasteiger partial charge in [-0.2, -0.15) is 5.26 Å². The molecule has 2 N–H and O–H groups in total. The van der Waals surface area contributed by atoms with Gasteiger partial charge in [0.15, 0.2) is 0 Å². The molecule has 0 spiro atoms. The zero-order valence-corrected chi connectivity index (χ0v) is 12.6. The standard InChI is InChI=1S/C15H13N3O3S/c1-9-10(8-16)4-5-11(17-9)15(21)18-12(7-14(19)20)13-3-2-6-22-13/h2-6,12H,7H2,1H3,(H,18,21)(H,19,20)/t12-/m0/s1. The molecule has 0 saturated carbocycles. The van der Waals surface area contributed by atoms with Crippen LogP contribution in [-0.2, 0) is 4.79 Å². The van der Waals surface area contributed by atoms with Gasteiger partial charge in [-0.05, 0) is 30.5 Å². The van der Waals surface area contributed by atoms with E-state index in [0.29, 0.717) is 11.3 Å². The molecule has 0 unspecified atom stereocenters. The number of aryl methyl sites for hydroxylation is 1. The number of carboxylic acid groups (broad SMARTS) is 1. The Kier molecular flexibility index (Phi) is 4.86. The number of carbonyl (C=O) groups is 2. The number of aliphatic carboxylic acids is 1. The highest BCUT2D eigenvalue weighted by atomic mass is 32.1. The van der Waals surface area contributed by atoms with Crippen LogP contribution in [-0.4, -0.2) is 22.0 Å². The first-order valence-corrected chi connectivity index (χ1v) is 7.33. The molecule has 7 heteroatoms. The van der Waals surface area contributed by atoms with Crippen LogP contribution in [0.15, 0.2) is 29.6 Å². The molecule has 0 saturated heterocycles. The number of nitrogens with one attached hydrogen (secondary N) is 1. The quantitative estimate of drug-likeness (QED) is 0.881. The highest BCUT2D eigenvalue weighted by molar-refractivity contribution is 7.10. The molecule has 0 aliphatic heterocycles. The van der Waals surface area contributed by atoms with Crippen LogP contribution >= 0.6 is 11.3 Å². The van der Waals surface area contributed by atoms with Crippen molar-refractivity contribution in [3.05, 3.63) is 51.5 Å². The van der Waals surface area contributed by atoms with Crippen molar-refractivity contribution in [3.63, 3.8) is 0 Å². The maximum absolute atomic E-state index is 12.2. The van der Waals surface area contributed by atoms with Crippen LogP contribution in [0.1, 0.15) is 39.1 Å². The van der Waals surface area contributed by atoms with E-state index >= 15 is 0 Å². The number of hydrogen-bond donors (Lipinski definition) is 2. The number of amides is 1. The highest BCUT2D eigenvalue weighted by Crippen LogP contribution is 2.22. The van der Waals surface area contributed by atoms with Crippen LogP contribution in [0.25, 0.3) is 0 Å². The fourth-order valence-corrected chi connectivity index (χ4v) is 2.70. The van der Waals surface area contributed by atoms with E-state index in [0.717, 1.165) is 4.88 Å². The maximum Gasteiger partial charge on any atom is 0.305 e. The molecule has 0 aromatic carbocycles. The zero-order valence-electron chi connectivity index (χ0n) is 11.7. The van der Waals surface area contributed by atoms with Gasteiger partial charge in [0, 0.05) is 4.88 Å². The summed E-state index contributed by atoms with van der Waals surface area (Å²) in [5.74, 6) is -1.46. The molecule has 0 bridgehead atoms. The van der Waals surface area contributed by atoms with Gasteiger partial charge in [0.1, 0.15) is 11.8 Å². The Morgan fingerprint density at radius 3 is 2.77 bits per heavy atom. The van der Waals surface area contributed by atoms with Crippen LogP contribution < -0.4 is 5.32 Å². The second-order valence-electron chi connectivity index (χ2n) is 4.58. The van der Waals surface area contributed by atoms with Gasteiger partial charge in [-0.25, -0.2) is 4.98 Å². The molecule has 0 aliphatic rings. The van der Waals surface area contributed by atoms with Gasteiger partial charge in [-0.15, -0.1) is 11.3 Å². The molecule has 2 aromatic rings. The largest absolute Gasteiger partial charge is 0.481 e. The van der Waals surface area contributed by atoms with E-state index in [1.807, 2.05) is 11.4 Å². The number of nitriles is 1. The molecule has 2 heterocycles. The fraction of sp³-hybridized carbons (Fsp3) is 0.200. The Morgan fingerprint density at radius 1 is 1.45 bits per heavy atom. The minimum atomic E-state index is -0.998. The van der Waals surface area contributed by atoms with Crippen LogP contribution in [0.4, 0.5) is 0 Å². The maximum atomic E-state index is 12.2. The first-order chi connectivity index (χ1) is 10.5. The third kappa shape index (κ3) is 3.68. The van der Waals surface area contributed by atoms with Gasteiger partial charge in [0.25, 0.3) is 5.91 Å². The van der Waals surface area contributed by atoms with Crippen molar-refractivity contribution in [1.29, 1.82) is 5.26 Å². The van der Waals surface area contributed by atoms with E-state index in [2.05, 4.69) is 10.3 Å². The SMILES string of the molecule is Cc1nc(C(=O)N[C@@H](CC(=O)O)c2cccs2)ccc1C#N. The summed E-state index contributed by atoms with van der Waals surface area (Å²) in [7, 11) is 0. The minimum absolute atomic E-state index is 0.156. The fourth-order valence-electron chi connectivity index (χ4n) is 1.92. The second-order valence-corrected chi connectivity index (χ2v) is 5.56. The molecule has 0 fully saturated rings. The summed E-state index contributed by atoms with van der Waals surface area (Å²) in [5, 5.41) is 22.3. The first-order valence-electron chi connectivity index (χ1n) is 6.45. The Morgan fingerprint density at radius 2 is 2.23 bits per heavy atom. The lowest BCUT2D eigenvalue weighted by Gasteiger charge is -2.15. The normalized spacial score (nSPS) is 11.5. The molecule has 2 aromatic heterocycles. The Balaban J connectivity index is 2.19. The van der Waals surface area contributed by atoms with Gasteiger partial charge in [0.2, 0.25) is 0 Å². The summed E-state index contributed by atoms with van der Waals surface area (Å²) in [6.45, 7) is 1.64. The topological polar surface area (TPSA) is 103 Å². The van der Waals surface area contributed by atoms with Crippen molar-refractivity contribution in [3.8, 4) is 6.07 Å². The predicted molar refractivity (Wildman–Crippen MR) is 80.5 cm³/mol. The number of aromatic nitrogens is 1. The van der Waals surface area contributed by atoms with Crippen LogP contribution in [0, 0.1) is 18.3 Å². The molecular formula is C15H13N3O3S. The smallest absolute Gasteiger partial charge is 0.305 e. The van der Waals surface area contributed by atoms with Crippen LogP contribution in [0.2, 0.25) is 0 Å². The molecule has 0 radical (unpaired) electrons. The third-order valence-electron chi connectivity index (χ3n) is 3.01. The van der Waals surface area contributed by atoms with Crippen molar-refractivity contribution in [1.82, 2.24) is 10.3 Å². The molecule has 1 amide bonds. The molecule has 112 valence electrons. The molecule has 0 aliphatic carbocycles. The Labute approximate surface area is 131 Å². The minimum Gasteiger partial charge on any atom is -0.481 e. The van der Waals surface area contributed by atoms with E-state index in [1.165, 1.54) is 23.5 Å². The van der Waals surface area contributed by atoms with E-state index in [9.17, 15) is 9.59 Å². The number of rotatable bonds is 5. The predicted octanol–water partition coefficient (Wildman–Crippen LogP) is 2.27. The van der Waals surface area contributed by atoms with E-state index in [1.54, 1.807) is 19.1 Å². The zero-order chi connectivity index (χ0) is 16.1. The molecule has 1 atom stereocenters. The van der Waals surface area contributed by atoms with Gasteiger partial charge in [-0.1, -0.05) is 6.07 Å². The summed E-state index contributed by atoms with van der Waals surface area (Å²) in [4.78, 5) is 28.0. The molecule has 22 heavy (non-hydrogen) atoms. The van der Waals surface area contributed by atoms with Crippen molar-refractivity contribution in [2.45, 2.75) is 19.4 Å². The van der Waals surface area contributed by atoms with Crippen LogP contribution in [0.3, 0.4) is 0 Å². The summed E-state index contributed by atoms with van der Waals surface area (Å²) < 4.78 is 0. The van der Waals surface area contributed by atoms with Gasteiger partial charge >= 0.3 is 5.97 Å². The summed E-state index contributed by atoms with van der Waals surface area (Å²) in [5.41, 5.74) is 1.02. The summed E-state index contributed by atoms with van der Waals surface area (Å²) in [6.07, 6.45) is -0.207. The van der Waals surface area contributed by atoms with E-state index in [4.69, 9.17) is 10.4 Å². The monoisotopic (exact) mass is 315 g/mol. The van der Waals surface area contributed by atoms with Crippen molar-refractivity contribution in [2.24, 2.45) is 0 Å². The van der Waals surface area contributed by atoms with Crippen molar-refractivity contribution < 1.29 is 14.7 Å². The van der Waals surface area contributed by atoms with Gasteiger partial charge in [-0.3, -0.25) is 9.59 Å². The number of carboxylic acids is 1. The second kappa shape index (κ2) is 6.83. The Bertz CT molecular complexity index is 735. The molecule has 2 rings (SSSR count). The molecular weight excluding hydrogens is 302 g/mol. The lowest BCUT2D eigenvalue weighted by atomic mass is 10.1. The summed E-state index contributed by atoms with van der Waals surface area (Å²) in [6, 6.07) is 7.92.